The third kappa shape index (κ3) is 10.6. The lowest BCUT2D eigenvalue weighted by molar-refractivity contribution is -0.147. The number of alkyl carbamates (subject to hydrolysis) is 1. The number of hydrogen-bond acceptors (Lipinski definition) is 10. The van der Waals surface area contributed by atoms with Crippen molar-refractivity contribution in [1.29, 1.82) is 0 Å². The Morgan fingerprint density at radius 1 is 0.900 bits per heavy atom. The summed E-state index contributed by atoms with van der Waals surface area (Å²) in [6.45, 7) is 9.53. The summed E-state index contributed by atoms with van der Waals surface area (Å²) in [6, 6.07) is 16.5. The van der Waals surface area contributed by atoms with Gasteiger partial charge in [0.25, 0.3) is 0 Å². The zero-order valence-electron chi connectivity index (χ0n) is 29.5. The van der Waals surface area contributed by atoms with E-state index in [1.54, 1.807) is 20.8 Å². The predicted octanol–water partition coefficient (Wildman–Crippen LogP) is 4.31. The number of aromatic nitrogens is 2. The SMILES string of the molecule is COC(=O)CN(C[C@H](COC(C)(C)C)NC(=O)OCC1c2ccccc2-c2ccccc21)C(=O)Cn1ccc(NC(=O)OC(C)(C)C)nc1=O. The summed E-state index contributed by atoms with van der Waals surface area (Å²) >= 11 is 0. The van der Waals surface area contributed by atoms with Crippen LogP contribution in [-0.2, 0) is 35.1 Å². The quantitative estimate of drug-likeness (QED) is 0.206. The van der Waals surface area contributed by atoms with Gasteiger partial charge in [-0.3, -0.25) is 19.5 Å². The monoisotopic (exact) mass is 691 g/mol. The molecule has 1 aromatic heterocycles. The molecule has 1 atom stereocenters. The van der Waals surface area contributed by atoms with Crippen LogP contribution in [-0.4, -0.2) is 89.2 Å². The first-order valence-electron chi connectivity index (χ1n) is 16.2. The molecule has 0 saturated carbocycles. The molecule has 4 rings (SSSR count). The number of hydrogen-bond donors (Lipinski definition) is 2. The lowest BCUT2D eigenvalue weighted by Crippen LogP contribution is -2.51. The van der Waals surface area contributed by atoms with Crippen molar-refractivity contribution in [3.63, 3.8) is 0 Å². The van der Waals surface area contributed by atoms with E-state index in [0.29, 0.717) is 0 Å². The van der Waals surface area contributed by atoms with E-state index in [0.717, 1.165) is 31.7 Å². The van der Waals surface area contributed by atoms with Gasteiger partial charge in [-0.15, -0.1) is 0 Å². The Morgan fingerprint density at radius 3 is 2.08 bits per heavy atom. The Balaban J connectivity index is 1.46. The number of carbonyl (C=O) groups is 4. The van der Waals surface area contributed by atoms with E-state index in [-0.39, 0.29) is 31.5 Å². The van der Waals surface area contributed by atoms with Crippen LogP contribution >= 0.6 is 0 Å². The fraction of sp³-hybridized carbons (Fsp3) is 0.444. The molecule has 0 spiro atoms. The fourth-order valence-electron chi connectivity index (χ4n) is 5.31. The molecule has 0 unspecified atom stereocenters. The molecule has 14 heteroatoms. The molecule has 1 heterocycles. The first kappa shape index (κ1) is 37.6. The van der Waals surface area contributed by atoms with Crippen LogP contribution in [0.25, 0.3) is 11.1 Å². The minimum atomic E-state index is -0.825. The third-order valence-electron chi connectivity index (χ3n) is 7.53. The van der Waals surface area contributed by atoms with Gasteiger partial charge in [-0.25, -0.2) is 14.4 Å². The lowest BCUT2D eigenvalue weighted by Gasteiger charge is -2.30. The average Bonchev–Trinajstić information content (AvgIpc) is 3.35. The first-order valence-corrected chi connectivity index (χ1v) is 16.2. The molecular formula is C36H45N5O9. The molecule has 0 saturated heterocycles. The summed E-state index contributed by atoms with van der Waals surface area (Å²) in [7, 11) is 1.19. The summed E-state index contributed by atoms with van der Waals surface area (Å²) in [4.78, 5) is 69.0. The molecule has 3 amide bonds. The van der Waals surface area contributed by atoms with Crippen LogP contribution in [0.3, 0.4) is 0 Å². The summed E-state index contributed by atoms with van der Waals surface area (Å²) in [6.07, 6.45) is -0.242. The maximum absolute atomic E-state index is 13.5. The Labute approximate surface area is 291 Å². The number of esters is 1. The van der Waals surface area contributed by atoms with Gasteiger partial charge in [0.15, 0.2) is 0 Å². The Kier molecular flexibility index (Phi) is 12.0. The van der Waals surface area contributed by atoms with Crippen LogP contribution in [0.15, 0.2) is 65.6 Å². The van der Waals surface area contributed by atoms with E-state index in [9.17, 15) is 24.0 Å². The summed E-state index contributed by atoms with van der Waals surface area (Å²) < 4.78 is 22.7. The van der Waals surface area contributed by atoms with E-state index in [1.807, 2.05) is 69.3 Å². The van der Waals surface area contributed by atoms with Gasteiger partial charge in [0.2, 0.25) is 5.91 Å². The van der Waals surface area contributed by atoms with Gasteiger partial charge in [0.05, 0.1) is 25.4 Å². The molecule has 0 fully saturated rings. The second-order valence-electron chi connectivity index (χ2n) is 13.8. The summed E-state index contributed by atoms with van der Waals surface area (Å²) in [5.74, 6) is -1.57. The molecule has 2 aromatic carbocycles. The summed E-state index contributed by atoms with van der Waals surface area (Å²) in [5, 5.41) is 5.17. The van der Waals surface area contributed by atoms with Crippen LogP contribution in [0.1, 0.15) is 58.6 Å². The average molecular weight is 692 g/mol. The second-order valence-corrected chi connectivity index (χ2v) is 13.8. The Hall–Kier alpha value is -5.24. The van der Waals surface area contributed by atoms with Crippen LogP contribution in [0, 0.1) is 0 Å². The molecule has 2 N–H and O–H groups in total. The zero-order valence-corrected chi connectivity index (χ0v) is 29.5. The van der Waals surface area contributed by atoms with Gasteiger partial charge in [-0.05, 0) is 69.9 Å². The number of benzene rings is 2. The molecule has 0 aliphatic heterocycles. The maximum Gasteiger partial charge on any atom is 0.413 e. The second kappa shape index (κ2) is 16.0. The van der Waals surface area contributed by atoms with Crippen LogP contribution in [0.2, 0.25) is 0 Å². The third-order valence-corrected chi connectivity index (χ3v) is 7.53. The van der Waals surface area contributed by atoms with E-state index in [2.05, 4.69) is 15.6 Å². The Morgan fingerprint density at radius 2 is 1.52 bits per heavy atom. The molecule has 0 radical (unpaired) electrons. The highest BCUT2D eigenvalue weighted by Crippen LogP contribution is 2.44. The maximum atomic E-state index is 13.5. The van der Waals surface area contributed by atoms with E-state index >= 15 is 0 Å². The molecule has 3 aromatic rings. The first-order chi connectivity index (χ1) is 23.5. The number of amides is 3. The molecule has 14 nitrogen and oxygen atoms in total. The van der Waals surface area contributed by atoms with E-state index in [4.69, 9.17) is 18.9 Å². The van der Waals surface area contributed by atoms with Crippen LogP contribution in [0.5, 0.6) is 0 Å². The lowest BCUT2D eigenvalue weighted by atomic mass is 9.98. The molecule has 1 aliphatic rings. The molecule has 50 heavy (non-hydrogen) atoms. The van der Waals surface area contributed by atoms with Crippen molar-refractivity contribution in [2.75, 3.05) is 38.7 Å². The van der Waals surface area contributed by atoms with Gasteiger partial charge in [0.1, 0.15) is 31.1 Å². The van der Waals surface area contributed by atoms with Gasteiger partial charge in [-0.1, -0.05) is 48.5 Å². The van der Waals surface area contributed by atoms with Gasteiger partial charge in [-0.2, -0.15) is 4.98 Å². The van der Waals surface area contributed by atoms with Crippen molar-refractivity contribution in [3.05, 3.63) is 82.4 Å². The van der Waals surface area contributed by atoms with Crippen molar-refractivity contribution in [2.45, 2.75) is 71.2 Å². The van der Waals surface area contributed by atoms with Crippen LogP contribution in [0.4, 0.5) is 15.4 Å². The number of methoxy groups -OCH3 is 1. The van der Waals surface area contributed by atoms with Crippen molar-refractivity contribution in [1.82, 2.24) is 19.8 Å². The number of nitrogens with one attached hydrogen (secondary N) is 2. The number of anilines is 1. The highest BCUT2D eigenvalue weighted by Gasteiger charge is 2.30. The topological polar surface area (TPSA) is 167 Å². The van der Waals surface area contributed by atoms with Crippen molar-refractivity contribution in [3.8, 4) is 11.1 Å². The molecule has 0 bridgehead atoms. The Bertz CT molecular complexity index is 1710. The molecule has 1 aliphatic carbocycles. The normalized spacial score (nSPS) is 13.0. The number of rotatable bonds is 12. The number of nitrogens with zero attached hydrogens (tertiary/aromatic N) is 3. The minimum absolute atomic E-state index is 0.0226. The van der Waals surface area contributed by atoms with Crippen molar-refractivity contribution in [2.24, 2.45) is 0 Å². The fourth-order valence-corrected chi connectivity index (χ4v) is 5.31. The highest BCUT2D eigenvalue weighted by atomic mass is 16.6. The molecular weight excluding hydrogens is 646 g/mol. The number of carbonyl (C=O) groups excluding carboxylic acids is 4. The largest absolute Gasteiger partial charge is 0.468 e. The van der Waals surface area contributed by atoms with Crippen LogP contribution < -0.4 is 16.3 Å². The number of fused-ring (bicyclic) bond motifs is 3. The van der Waals surface area contributed by atoms with E-state index < -0.39 is 60.1 Å². The smallest absolute Gasteiger partial charge is 0.413 e. The predicted molar refractivity (Wildman–Crippen MR) is 185 cm³/mol. The van der Waals surface area contributed by atoms with Gasteiger partial charge >= 0.3 is 23.8 Å². The standard InChI is InChI=1S/C36H45N5O9/c1-35(2,3)49-21-23(37-33(45)48-22-28-26-14-10-8-12-24(26)25-13-9-11-15-27(25)28)18-41(20-31(43)47-7)30(42)19-40-17-16-29(38-32(40)44)39-34(46)50-36(4,5)6/h8-17,23,28H,18-22H2,1-7H3,(H,37,45)(H,38,39,44,46)/t23-/m1/s1. The van der Waals surface area contributed by atoms with Gasteiger partial charge in [0, 0.05) is 18.7 Å². The zero-order chi connectivity index (χ0) is 36.6. The highest BCUT2D eigenvalue weighted by molar-refractivity contribution is 5.84. The molecule has 268 valence electrons. The van der Waals surface area contributed by atoms with Gasteiger partial charge < -0.3 is 29.2 Å². The minimum Gasteiger partial charge on any atom is -0.468 e. The number of ether oxygens (including phenoxy) is 4. The van der Waals surface area contributed by atoms with E-state index in [1.165, 1.54) is 19.4 Å². The van der Waals surface area contributed by atoms with Crippen molar-refractivity contribution < 1.29 is 38.1 Å². The van der Waals surface area contributed by atoms with Crippen molar-refractivity contribution >= 4 is 29.9 Å². The summed E-state index contributed by atoms with van der Waals surface area (Å²) in [5.41, 5.74) is 2.12.